The van der Waals surface area contributed by atoms with E-state index in [0.717, 1.165) is 51.7 Å². The van der Waals surface area contributed by atoms with Gasteiger partial charge in [0.1, 0.15) is 0 Å². The summed E-state index contributed by atoms with van der Waals surface area (Å²) in [6.07, 6.45) is 4.57. The second-order valence-corrected chi connectivity index (χ2v) is 11.4. The molecule has 196 valence electrons. The van der Waals surface area contributed by atoms with Gasteiger partial charge in [-0.3, -0.25) is 9.69 Å². The molecule has 0 atom stereocenters. The SMILES string of the molecule is COc1ccc(S(=O)(=O)N(CC(=O)N2CCN(Cc3ccccc3)CC2)C2CCCCC2)cc1OC. The monoisotopic (exact) mass is 515 g/mol. The van der Waals surface area contributed by atoms with Crippen molar-refractivity contribution in [2.75, 3.05) is 46.9 Å². The smallest absolute Gasteiger partial charge is 0.243 e. The first-order valence-corrected chi connectivity index (χ1v) is 14.1. The molecule has 0 aromatic heterocycles. The van der Waals surface area contributed by atoms with Crippen LogP contribution in [0, 0.1) is 0 Å². The molecule has 4 rings (SSSR count). The largest absolute Gasteiger partial charge is 0.493 e. The fourth-order valence-corrected chi connectivity index (χ4v) is 6.77. The summed E-state index contributed by atoms with van der Waals surface area (Å²) in [7, 11) is -0.911. The zero-order valence-electron chi connectivity index (χ0n) is 21.3. The number of hydrogen-bond acceptors (Lipinski definition) is 6. The third-order valence-corrected chi connectivity index (χ3v) is 9.10. The van der Waals surface area contributed by atoms with Crippen molar-refractivity contribution in [1.29, 1.82) is 0 Å². The number of methoxy groups -OCH3 is 2. The van der Waals surface area contributed by atoms with Crippen LogP contribution < -0.4 is 9.47 Å². The first kappa shape index (κ1) is 26.4. The van der Waals surface area contributed by atoms with Gasteiger partial charge in [-0.1, -0.05) is 49.6 Å². The molecule has 2 aliphatic rings. The lowest BCUT2D eigenvalue weighted by molar-refractivity contribution is -0.133. The van der Waals surface area contributed by atoms with Crippen LogP contribution in [-0.4, -0.2) is 81.4 Å². The first-order chi connectivity index (χ1) is 17.4. The Kier molecular flexibility index (Phi) is 8.87. The summed E-state index contributed by atoms with van der Waals surface area (Å²) in [6.45, 7) is 3.45. The molecule has 8 nitrogen and oxygen atoms in total. The van der Waals surface area contributed by atoms with E-state index >= 15 is 0 Å². The number of amides is 1. The average Bonchev–Trinajstić information content (AvgIpc) is 2.92. The third kappa shape index (κ3) is 6.19. The lowest BCUT2D eigenvalue weighted by Crippen LogP contribution is -2.53. The molecule has 1 saturated heterocycles. The third-order valence-electron chi connectivity index (χ3n) is 7.21. The molecule has 0 bridgehead atoms. The highest BCUT2D eigenvalue weighted by molar-refractivity contribution is 7.89. The second kappa shape index (κ2) is 12.1. The maximum atomic E-state index is 13.8. The second-order valence-electron chi connectivity index (χ2n) is 9.50. The molecule has 0 N–H and O–H groups in total. The van der Waals surface area contributed by atoms with Crippen LogP contribution in [0.1, 0.15) is 37.7 Å². The van der Waals surface area contributed by atoms with Gasteiger partial charge in [-0.2, -0.15) is 4.31 Å². The quantitative estimate of drug-likeness (QED) is 0.510. The van der Waals surface area contributed by atoms with Crippen molar-refractivity contribution in [1.82, 2.24) is 14.1 Å². The molecule has 1 aliphatic carbocycles. The zero-order chi connectivity index (χ0) is 25.5. The lowest BCUT2D eigenvalue weighted by Gasteiger charge is -2.37. The van der Waals surface area contributed by atoms with E-state index in [4.69, 9.17) is 9.47 Å². The molecule has 1 saturated carbocycles. The average molecular weight is 516 g/mol. The molecule has 9 heteroatoms. The number of ether oxygens (including phenoxy) is 2. The van der Waals surface area contributed by atoms with Gasteiger partial charge >= 0.3 is 0 Å². The van der Waals surface area contributed by atoms with Crippen molar-refractivity contribution < 1.29 is 22.7 Å². The Hall–Kier alpha value is -2.62. The maximum absolute atomic E-state index is 13.8. The minimum atomic E-state index is -3.90. The fourth-order valence-electron chi connectivity index (χ4n) is 5.12. The summed E-state index contributed by atoms with van der Waals surface area (Å²) in [4.78, 5) is 17.6. The van der Waals surface area contributed by atoms with Crippen LogP contribution >= 0.6 is 0 Å². The van der Waals surface area contributed by atoms with Gasteiger partial charge < -0.3 is 14.4 Å². The van der Waals surface area contributed by atoms with Crippen LogP contribution in [0.3, 0.4) is 0 Å². The Morgan fingerprint density at radius 2 is 1.58 bits per heavy atom. The Morgan fingerprint density at radius 1 is 0.917 bits per heavy atom. The zero-order valence-corrected chi connectivity index (χ0v) is 22.1. The summed E-state index contributed by atoms with van der Waals surface area (Å²) in [5.74, 6) is 0.678. The standard InChI is InChI=1S/C27H37N3O5S/c1-34-25-14-13-24(19-26(25)35-2)36(32,33)30(23-11-7-4-8-12-23)21-27(31)29-17-15-28(16-18-29)20-22-9-5-3-6-10-22/h3,5-6,9-10,13-14,19,23H,4,7-8,11-12,15-18,20-21H2,1-2H3. The molecule has 2 fully saturated rings. The highest BCUT2D eigenvalue weighted by Crippen LogP contribution is 2.33. The van der Waals surface area contributed by atoms with E-state index in [9.17, 15) is 13.2 Å². The molecule has 2 aromatic carbocycles. The first-order valence-electron chi connectivity index (χ1n) is 12.7. The van der Waals surface area contributed by atoms with E-state index in [1.165, 1.54) is 36.2 Å². The Bertz CT molecular complexity index is 1110. The van der Waals surface area contributed by atoms with E-state index in [1.807, 2.05) is 18.2 Å². The molecule has 2 aromatic rings. The van der Waals surface area contributed by atoms with E-state index < -0.39 is 10.0 Å². The minimum absolute atomic E-state index is 0.117. The van der Waals surface area contributed by atoms with Crippen molar-refractivity contribution in [2.24, 2.45) is 0 Å². The minimum Gasteiger partial charge on any atom is -0.493 e. The van der Waals surface area contributed by atoms with Gasteiger partial charge in [0.2, 0.25) is 15.9 Å². The summed E-state index contributed by atoms with van der Waals surface area (Å²) in [5.41, 5.74) is 1.25. The molecule has 0 radical (unpaired) electrons. The summed E-state index contributed by atoms with van der Waals surface area (Å²) < 4.78 is 39.7. The summed E-state index contributed by atoms with van der Waals surface area (Å²) in [5, 5.41) is 0. The molecule has 1 amide bonds. The molecular formula is C27H37N3O5S. The molecule has 1 heterocycles. The maximum Gasteiger partial charge on any atom is 0.243 e. The molecule has 0 unspecified atom stereocenters. The van der Waals surface area contributed by atoms with Crippen molar-refractivity contribution >= 4 is 15.9 Å². The van der Waals surface area contributed by atoms with Gasteiger partial charge in [0.05, 0.1) is 25.7 Å². The van der Waals surface area contributed by atoms with Crippen molar-refractivity contribution in [3.63, 3.8) is 0 Å². The van der Waals surface area contributed by atoms with Gasteiger partial charge in [0.15, 0.2) is 11.5 Å². The Labute approximate surface area is 214 Å². The predicted molar refractivity (Wildman–Crippen MR) is 139 cm³/mol. The highest BCUT2D eigenvalue weighted by Gasteiger charge is 2.36. The van der Waals surface area contributed by atoms with Gasteiger partial charge in [0, 0.05) is 44.8 Å². The fraction of sp³-hybridized carbons (Fsp3) is 0.519. The van der Waals surface area contributed by atoms with Gasteiger partial charge in [-0.25, -0.2) is 8.42 Å². The van der Waals surface area contributed by atoms with Crippen LogP contribution in [0.4, 0.5) is 0 Å². The van der Waals surface area contributed by atoms with Crippen molar-refractivity contribution in [3.8, 4) is 11.5 Å². The predicted octanol–water partition coefficient (Wildman–Crippen LogP) is 3.37. The number of sulfonamides is 1. The normalized spacial score (nSPS) is 17.8. The van der Waals surface area contributed by atoms with E-state index in [-0.39, 0.29) is 23.4 Å². The van der Waals surface area contributed by atoms with E-state index in [2.05, 4.69) is 17.0 Å². The number of carbonyl (C=O) groups is 1. The van der Waals surface area contributed by atoms with E-state index in [0.29, 0.717) is 24.6 Å². The molecule has 0 spiro atoms. The summed E-state index contributed by atoms with van der Waals surface area (Å²) in [6, 6.07) is 14.7. The van der Waals surface area contributed by atoms with Crippen LogP contribution in [0.5, 0.6) is 11.5 Å². The number of hydrogen-bond donors (Lipinski definition) is 0. The number of carbonyl (C=O) groups excluding carboxylic acids is 1. The number of nitrogens with zero attached hydrogens (tertiary/aromatic N) is 3. The Balaban J connectivity index is 1.47. The van der Waals surface area contributed by atoms with Crippen LogP contribution in [0.15, 0.2) is 53.4 Å². The van der Waals surface area contributed by atoms with Crippen LogP contribution in [-0.2, 0) is 21.4 Å². The van der Waals surface area contributed by atoms with E-state index in [1.54, 1.807) is 11.0 Å². The highest BCUT2D eigenvalue weighted by atomic mass is 32.2. The number of rotatable bonds is 9. The van der Waals surface area contributed by atoms with Gasteiger partial charge in [0.25, 0.3) is 0 Å². The topological polar surface area (TPSA) is 79.4 Å². The van der Waals surface area contributed by atoms with Crippen molar-refractivity contribution in [2.45, 2.75) is 49.6 Å². The molecule has 36 heavy (non-hydrogen) atoms. The van der Waals surface area contributed by atoms with Crippen molar-refractivity contribution in [3.05, 3.63) is 54.1 Å². The van der Waals surface area contributed by atoms with Crippen LogP contribution in [0.25, 0.3) is 0 Å². The number of benzene rings is 2. The van der Waals surface area contributed by atoms with Gasteiger partial charge in [-0.15, -0.1) is 0 Å². The lowest BCUT2D eigenvalue weighted by atomic mass is 9.95. The summed E-state index contributed by atoms with van der Waals surface area (Å²) >= 11 is 0. The Morgan fingerprint density at radius 3 is 2.22 bits per heavy atom. The van der Waals surface area contributed by atoms with Gasteiger partial charge in [-0.05, 0) is 30.5 Å². The van der Waals surface area contributed by atoms with Crippen LogP contribution in [0.2, 0.25) is 0 Å². The molecule has 1 aliphatic heterocycles. The molecular weight excluding hydrogens is 478 g/mol. The number of piperazine rings is 1.